The third-order valence-electron chi connectivity index (χ3n) is 5.68. The fourth-order valence-electron chi connectivity index (χ4n) is 3.90. The molecule has 35 heavy (non-hydrogen) atoms. The molecular formula is C28H19Cl2NO3S. The van der Waals surface area contributed by atoms with Crippen LogP contribution in [0.25, 0.3) is 16.8 Å². The summed E-state index contributed by atoms with van der Waals surface area (Å²) in [7, 11) is 0. The Morgan fingerprint density at radius 3 is 2.40 bits per heavy atom. The Morgan fingerprint density at radius 1 is 0.857 bits per heavy atom. The van der Waals surface area contributed by atoms with Crippen LogP contribution in [0.3, 0.4) is 0 Å². The number of benzene rings is 4. The van der Waals surface area contributed by atoms with Crippen molar-refractivity contribution in [2.45, 2.75) is 13.2 Å². The van der Waals surface area contributed by atoms with Crippen LogP contribution < -0.4 is 4.74 Å². The second kappa shape index (κ2) is 10.2. The summed E-state index contributed by atoms with van der Waals surface area (Å²) in [6.45, 7) is 0.439. The van der Waals surface area contributed by atoms with Crippen molar-refractivity contribution in [2.75, 3.05) is 0 Å². The number of imide groups is 1. The molecule has 0 aliphatic carbocycles. The van der Waals surface area contributed by atoms with Crippen LogP contribution >= 0.6 is 35.0 Å². The molecule has 1 aliphatic rings. The number of amides is 2. The summed E-state index contributed by atoms with van der Waals surface area (Å²) in [5.74, 6) is 0.298. The van der Waals surface area contributed by atoms with Crippen molar-refractivity contribution in [1.29, 1.82) is 0 Å². The quantitative estimate of drug-likeness (QED) is 0.242. The number of fused-ring (bicyclic) bond motifs is 1. The smallest absolute Gasteiger partial charge is 0.293 e. The van der Waals surface area contributed by atoms with E-state index in [2.05, 4.69) is 18.2 Å². The van der Waals surface area contributed by atoms with Gasteiger partial charge in [-0.15, -0.1) is 0 Å². The molecule has 4 aromatic carbocycles. The Morgan fingerprint density at radius 2 is 1.57 bits per heavy atom. The number of thioether (sulfide) groups is 1. The molecule has 1 aliphatic heterocycles. The summed E-state index contributed by atoms with van der Waals surface area (Å²) in [4.78, 5) is 27.0. The zero-order chi connectivity index (χ0) is 24.4. The molecule has 7 heteroatoms. The predicted molar refractivity (Wildman–Crippen MR) is 143 cm³/mol. The minimum Gasteiger partial charge on any atom is -0.489 e. The van der Waals surface area contributed by atoms with Crippen LogP contribution in [-0.4, -0.2) is 16.0 Å². The van der Waals surface area contributed by atoms with E-state index in [1.54, 1.807) is 24.3 Å². The number of rotatable bonds is 6. The van der Waals surface area contributed by atoms with Gasteiger partial charge >= 0.3 is 0 Å². The van der Waals surface area contributed by atoms with Gasteiger partial charge in [-0.25, -0.2) is 0 Å². The summed E-state index contributed by atoms with van der Waals surface area (Å²) in [6, 6.07) is 26.9. The molecule has 4 aromatic rings. The topological polar surface area (TPSA) is 46.6 Å². The number of halogens is 2. The van der Waals surface area contributed by atoms with Gasteiger partial charge in [0.15, 0.2) is 0 Å². The average Bonchev–Trinajstić information content (AvgIpc) is 3.12. The van der Waals surface area contributed by atoms with Gasteiger partial charge in [-0.3, -0.25) is 14.5 Å². The number of carbonyl (C=O) groups is 2. The van der Waals surface area contributed by atoms with E-state index in [0.717, 1.165) is 38.6 Å². The largest absolute Gasteiger partial charge is 0.489 e. The van der Waals surface area contributed by atoms with Crippen LogP contribution in [0, 0.1) is 0 Å². The molecule has 1 heterocycles. The van der Waals surface area contributed by atoms with E-state index in [-0.39, 0.29) is 17.7 Å². The van der Waals surface area contributed by atoms with Gasteiger partial charge < -0.3 is 4.74 Å². The first-order chi connectivity index (χ1) is 17.0. The van der Waals surface area contributed by atoms with Crippen molar-refractivity contribution >= 4 is 63.0 Å². The van der Waals surface area contributed by atoms with Crippen molar-refractivity contribution in [1.82, 2.24) is 4.90 Å². The Kier molecular flexibility index (Phi) is 6.82. The summed E-state index contributed by atoms with van der Waals surface area (Å²) < 4.78 is 6.05. The van der Waals surface area contributed by atoms with Crippen LogP contribution in [0.1, 0.15) is 16.7 Å². The summed E-state index contributed by atoms with van der Waals surface area (Å²) in [6.07, 6.45) is 1.70. The second-order valence-electron chi connectivity index (χ2n) is 7.97. The SMILES string of the molecule is O=C1S/C(=C/c2cccc(OCc3cccc4ccccc34)c2)C(=O)N1Cc1c(Cl)cccc1Cl. The predicted octanol–water partition coefficient (Wildman–Crippen LogP) is 7.96. The average molecular weight is 520 g/mol. The molecule has 0 unspecified atom stereocenters. The van der Waals surface area contributed by atoms with Gasteiger partial charge in [0.25, 0.3) is 11.1 Å². The number of hydrogen-bond donors (Lipinski definition) is 0. The van der Waals surface area contributed by atoms with Crippen molar-refractivity contribution in [2.24, 2.45) is 0 Å². The molecule has 0 radical (unpaired) electrons. The van der Waals surface area contributed by atoms with Crippen molar-refractivity contribution in [3.63, 3.8) is 0 Å². The number of nitrogens with zero attached hydrogens (tertiary/aromatic N) is 1. The zero-order valence-corrected chi connectivity index (χ0v) is 20.7. The Labute approximate surface area is 217 Å². The molecule has 0 spiro atoms. The third-order valence-corrected chi connectivity index (χ3v) is 7.30. The minimum absolute atomic E-state index is 0.0225. The normalized spacial score (nSPS) is 14.8. The second-order valence-corrected chi connectivity index (χ2v) is 9.78. The van der Waals surface area contributed by atoms with E-state index in [4.69, 9.17) is 27.9 Å². The minimum atomic E-state index is -0.377. The maximum absolute atomic E-state index is 13.0. The molecule has 0 N–H and O–H groups in total. The lowest BCUT2D eigenvalue weighted by atomic mass is 10.1. The van der Waals surface area contributed by atoms with Gasteiger partial charge in [-0.2, -0.15) is 0 Å². The first-order valence-electron chi connectivity index (χ1n) is 10.9. The number of hydrogen-bond acceptors (Lipinski definition) is 4. The van der Waals surface area contributed by atoms with Crippen LogP contribution in [0.2, 0.25) is 10.0 Å². The van der Waals surface area contributed by atoms with Gasteiger partial charge in [-0.1, -0.05) is 83.9 Å². The molecule has 0 aromatic heterocycles. The first kappa shape index (κ1) is 23.5. The van der Waals surface area contributed by atoms with E-state index in [1.165, 1.54) is 0 Å². The molecule has 174 valence electrons. The Hall–Kier alpha value is -3.25. The molecule has 2 amide bonds. The van der Waals surface area contributed by atoms with Crippen molar-refractivity contribution < 1.29 is 14.3 Å². The molecule has 1 saturated heterocycles. The van der Waals surface area contributed by atoms with Crippen molar-refractivity contribution in [3.05, 3.63) is 117 Å². The van der Waals surface area contributed by atoms with E-state index < -0.39 is 0 Å². The van der Waals surface area contributed by atoms with Gasteiger partial charge in [-0.05, 0) is 64.0 Å². The monoisotopic (exact) mass is 519 g/mol. The van der Waals surface area contributed by atoms with E-state index in [9.17, 15) is 9.59 Å². The maximum atomic E-state index is 13.0. The standard InChI is InChI=1S/C28H19Cl2NO3S/c29-24-12-5-13-25(30)23(24)16-31-27(32)26(35-28(31)33)15-18-6-3-10-21(14-18)34-17-20-9-4-8-19-7-1-2-11-22(19)20/h1-15H,16-17H2/b26-15+. The molecule has 4 nitrogen and oxygen atoms in total. The van der Waals surface area contributed by atoms with Crippen LogP contribution in [0.15, 0.2) is 89.8 Å². The molecule has 0 bridgehead atoms. The van der Waals surface area contributed by atoms with Crippen LogP contribution in [-0.2, 0) is 17.9 Å². The highest BCUT2D eigenvalue weighted by Crippen LogP contribution is 2.36. The molecule has 5 rings (SSSR count). The summed E-state index contributed by atoms with van der Waals surface area (Å²) in [5.41, 5.74) is 2.40. The molecule has 0 saturated carbocycles. The molecule has 0 atom stereocenters. The summed E-state index contributed by atoms with van der Waals surface area (Å²) >= 11 is 13.3. The third kappa shape index (κ3) is 5.08. The molecular weight excluding hydrogens is 501 g/mol. The number of ether oxygens (including phenoxy) is 1. The highest BCUT2D eigenvalue weighted by Gasteiger charge is 2.35. The lowest BCUT2D eigenvalue weighted by molar-refractivity contribution is -0.123. The van der Waals surface area contributed by atoms with Crippen LogP contribution in [0.5, 0.6) is 5.75 Å². The highest BCUT2D eigenvalue weighted by molar-refractivity contribution is 8.18. The lowest BCUT2D eigenvalue weighted by Crippen LogP contribution is -2.27. The fourth-order valence-corrected chi connectivity index (χ4v) is 5.26. The van der Waals surface area contributed by atoms with Gasteiger partial charge in [0.1, 0.15) is 12.4 Å². The zero-order valence-electron chi connectivity index (χ0n) is 18.4. The Balaban J connectivity index is 1.32. The lowest BCUT2D eigenvalue weighted by Gasteiger charge is -2.14. The van der Waals surface area contributed by atoms with E-state index in [1.807, 2.05) is 48.5 Å². The van der Waals surface area contributed by atoms with E-state index in [0.29, 0.717) is 32.9 Å². The fraction of sp³-hybridized carbons (Fsp3) is 0.0714. The maximum Gasteiger partial charge on any atom is 0.293 e. The Bertz CT molecular complexity index is 1460. The van der Waals surface area contributed by atoms with Crippen LogP contribution in [0.4, 0.5) is 4.79 Å². The highest BCUT2D eigenvalue weighted by atomic mass is 35.5. The first-order valence-corrected chi connectivity index (χ1v) is 12.4. The van der Waals surface area contributed by atoms with Gasteiger partial charge in [0, 0.05) is 15.6 Å². The van der Waals surface area contributed by atoms with Gasteiger partial charge in [0.2, 0.25) is 0 Å². The van der Waals surface area contributed by atoms with E-state index >= 15 is 0 Å². The van der Waals surface area contributed by atoms with Crippen molar-refractivity contribution in [3.8, 4) is 5.75 Å². The summed E-state index contributed by atoms with van der Waals surface area (Å²) in [5, 5.41) is 2.78. The number of carbonyl (C=O) groups excluding carboxylic acids is 2. The molecule has 1 fully saturated rings. The van der Waals surface area contributed by atoms with Gasteiger partial charge in [0.05, 0.1) is 11.4 Å².